The molecule has 2 amide bonds. The third-order valence-electron chi connectivity index (χ3n) is 2.58. The van der Waals surface area contributed by atoms with Gasteiger partial charge in [0.25, 0.3) is 0 Å². The number of aromatic carboxylic acids is 1. The molecule has 0 fully saturated rings. The second-order valence-electron chi connectivity index (χ2n) is 4.58. The van der Waals surface area contributed by atoms with Crippen molar-refractivity contribution in [1.29, 1.82) is 0 Å². The molecular formula is C12H17N3O3. The Bertz CT molecular complexity index is 458. The van der Waals surface area contributed by atoms with Gasteiger partial charge < -0.3 is 15.7 Å². The van der Waals surface area contributed by atoms with Crippen LogP contribution < -0.4 is 10.6 Å². The molecule has 1 heterocycles. The lowest BCUT2D eigenvalue weighted by Gasteiger charge is -2.24. The summed E-state index contributed by atoms with van der Waals surface area (Å²) in [5, 5.41) is 14.1. The van der Waals surface area contributed by atoms with Crippen LogP contribution in [0.5, 0.6) is 0 Å². The van der Waals surface area contributed by atoms with Gasteiger partial charge in [0.1, 0.15) is 0 Å². The molecule has 0 aliphatic heterocycles. The highest BCUT2D eigenvalue weighted by molar-refractivity contribution is 5.92. The zero-order chi connectivity index (χ0) is 13.8. The highest BCUT2D eigenvalue weighted by atomic mass is 16.4. The van der Waals surface area contributed by atoms with Gasteiger partial charge in [-0.25, -0.2) is 9.59 Å². The third kappa shape index (κ3) is 4.04. The monoisotopic (exact) mass is 251 g/mol. The van der Waals surface area contributed by atoms with E-state index in [1.807, 2.05) is 20.8 Å². The number of carboxylic acid groups (broad SMARTS) is 1. The molecule has 0 saturated heterocycles. The van der Waals surface area contributed by atoms with Crippen LogP contribution in [-0.4, -0.2) is 27.6 Å². The van der Waals surface area contributed by atoms with Gasteiger partial charge in [0.2, 0.25) is 0 Å². The molecule has 0 aliphatic carbocycles. The first kappa shape index (κ1) is 14.0. The lowest BCUT2D eigenvalue weighted by atomic mass is 10.0. The van der Waals surface area contributed by atoms with Crippen molar-refractivity contribution in [2.45, 2.75) is 32.7 Å². The molecule has 18 heavy (non-hydrogen) atoms. The summed E-state index contributed by atoms with van der Waals surface area (Å²) in [5.74, 6) is -1.08. The fourth-order valence-corrected chi connectivity index (χ4v) is 1.18. The number of nitrogens with one attached hydrogen (secondary N) is 2. The lowest BCUT2D eigenvalue weighted by molar-refractivity contribution is 0.0696. The average Bonchev–Trinajstić information content (AvgIpc) is 2.28. The Labute approximate surface area is 105 Å². The topological polar surface area (TPSA) is 91.3 Å². The summed E-state index contributed by atoms with van der Waals surface area (Å²) in [5.41, 5.74) is 0.0592. The molecule has 1 aromatic heterocycles. The van der Waals surface area contributed by atoms with Crippen LogP contribution in [0.3, 0.4) is 0 Å². The summed E-state index contributed by atoms with van der Waals surface area (Å²) in [7, 11) is 0. The number of pyridine rings is 1. The molecule has 0 unspecified atom stereocenters. The first-order valence-electron chi connectivity index (χ1n) is 5.61. The van der Waals surface area contributed by atoms with Gasteiger partial charge in [0, 0.05) is 11.7 Å². The smallest absolute Gasteiger partial charge is 0.337 e. The molecule has 0 aromatic carbocycles. The molecule has 1 rings (SSSR count). The van der Waals surface area contributed by atoms with Crippen LogP contribution in [0.4, 0.5) is 10.5 Å². The number of anilines is 1. The maximum Gasteiger partial charge on any atom is 0.337 e. The highest BCUT2D eigenvalue weighted by Crippen LogP contribution is 2.10. The largest absolute Gasteiger partial charge is 0.478 e. The molecule has 0 bridgehead atoms. The van der Waals surface area contributed by atoms with E-state index in [4.69, 9.17) is 5.11 Å². The van der Waals surface area contributed by atoms with Gasteiger partial charge in [-0.05, 0) is 26.3 Å². The minimum absolute atomic E-state index is 0.0301. The zero-order valence-corrected chi connectivity index (χ0v) is 10.7. The van der Waals surface area contributed by atoms with E-state index in [9.17, 15) is 9.59 Å². The quantitative estimate of drug-likeness (QED) is 0.764. The summed E-state index contributed by atoms with van der Waals surface area (Å²) in [6, 6.07) is 0.972. The number of urea groups is 1. The van der Waals surface area contributed by atoms with E-state index in [-0.39, 0.29) is 17.1 Å². The Morgan fingerprint density at radius 3 is 2.61 bits per heavy atom. The minimum atomic E-state index is -1.08. The van der Waals surface area contributed by atoms with Crippen LogP contribution in [0.15, 0.2) is 18.5 Å². The van der Waals surface area contributed by atoms with E-state index in [2.05, 4.69) is 15.6 Å². The molecule has 98 valence electrons. The van der Waals surface area contributed by atoms with Crippen molar-refractivity contribution >= 4 is 17.7 Å². The zero-order valence-electron chi connectivity index (χ0n) is 10.7. The summed E-state index contributed by atoms with van der Waals surface area (Å²) in [4.78, 5) is 26.2. The number of carbonyl (C=O) groups is 2. The Balaban J connectivity index is 2.70. The van der Waals surface area contributed by atoms with Gasteiger partial charge in [0.05, 0.1) is 17.4 Å². The first-order chi connectivity index (χ1) is 8.34. The average molecular weight is 251 g/mol. The second kappa shape index (κ2) is 5.48. The predicted octanol–water partition coefficient (Wildman–Crippen LogP) is 2.09. The minimum Gasteiger partial charge on any atom is -0.478 e. The van der Waals surface area contributed by atoms with Crippen LogP contribution in [0.25, 0.3) is 0 Å². The van der Waals surface area contributed by atoms with E-state index in [0.717, 1.165) is 6.42 Å². The van der Waals surface area contributed by atoms with E-state index >= 15 is 0 Å². The van der Waals surface area contributed by atoms with Gasteiger partial charge in [-0.15, -0.1) is 0 Å². The third-order valence-corrected chi connectivity index (χ3v) is 2.58. The van der Waals surface area contributed by atoms with Crippen molar-refractivity contribution in [1.82, 2.24) is 10.3 Å². The van der Waals surface area contributed by atoms with E-state index in [1.54, 1.807) is 0 Å². The molecule has 3 N–H and O–H groups in total. The van der Waals surface area contributed by atoms with Crippen molar-refractivity contribution in [3.63, 3.8) is 0 Å². The van der Waals surface area contributed by atoms with Crippen molar-refractivity contribution in [3.8, 4) is 0 Å². The molecule has 6 nitrogen and oxygen atoms in total. The van der Waals surface area contributed by atoms with Gasteiger partial charge in [-0.2, -0.15) is 0 Å². The standard InChI is InChI=1S/C12H17N3O3/c1-4-12(2,3)15-11(18)14-9-5-8(10(16)17)6-13-7-9/h5-7H,4H2,1-3H3,(H,16,17)(H2,14,15,18). The van der Waals surface area contributed by atoms with Crippen molar-refractivity contribution in [2.24, 2.45) is 0 Å². The molecule has 0 atom stereocenters. The van der Waals surface area contributed by atoms with Gasteiger partial charge in [-0.3, -0.25) is 4.98 Å². The van der Waals surface area contributed by atoms with Gasteiger partial charge in [0.15, 0.2) is 0 Å². The number of nitrogens with zero attached hydrogens (tertiary/aromatic N) is 1. The van der Waals surface area contributed by atoms with Crippen LogP contribution in [-0.2, 0) is 0 Å². The molecule has 0 saturated carbocycles. The molecule has 6 heteroatoms. The van der Waals surface area contributed by atoms with E-state index in [0.29, 0.717) is 5.69 Å². The maximum atomic E-state index is 11.7. The van der Waals surface area contributed by atoms with E-state index in [1.165, 1.54) is 18.5 Å². The van der Waals surface area contributed by atoms with Gasteiger partial charge >= 0.3 is 12.0 Å². The number of carbonyl (C=O) groups excluding carboxylic acids is 1. The molecule has 0 aliphatic rings. The van der Waals surface area contributed by atoms with Crippen LogP contribution in [0.2, 0.25) is 0 Å². The summed E-state index contributed by atoms with van der Waals surface area (Å²) >= 11 is 0. The van der Waals surface area contributed by atoms with Crippen molar-refractivity contribution < 1.29 is 14.7 Å². The SMILES string of the molecule is CCC(C)(C)NC(=O)Nc1cncc(C(=O)O)c1. The Morgan fingerprint density at radius 1 is 1.39 bits per heavy atom. The first-order valence-corrected chi connectivity index (χ1v) is 5.61. The van der Waals surface area contributed by atoms with Crippen LogP contribution in [0.1, 0.15) is 37.6 Å². The van der Waals surface area contributed by atoms with E-state index < -0.39 is 5.97 Å². The van der Waals surface area contributed by atoms with Crippen LogP contribution in [0, 0.1) is 0 Å². The Morgan fingerprint density at radius 2 is 2.06 bits per heavy atom. The number of hydrogen-bond donors (Lipinski definition) is 3. The predicted molar refractivity (Wildman–Crippen MR) is 67.7 cm³/mol. The summed E-state index contributed by atoms with van der Waals surface area (Å²) in [6.07, 6.45) is 3.40. The highest BCUT2D eigenvalue weighted by Gasteiger charge is 2.17. The summed E-state index contributed by atoms with van der Waals surface area (Å²) in [6.45, 7) is 5.77. The summed E-state index contributed by atoms with van der Waals surface area (Å²) < 4.78 is 0. The fourth-order valence-electron chi connectivity index (χ4n) is 1.18. The number of aromatic nitrogens is 1. The second-order valence-corrected chi connectivity index (χ2v) is 4.58. The lowest BCUT2D eigenvalue weighted by Crippen LogP contribution is -2.45. The Hall–Kier alpha value is -2.11. The van der Waals surface area contributed by atoms with Crippen molar-refractivity contribution in [2.75, 3.05) is 5.32 Å². The Kier molecular flexibility index (Phi) is 4.25. The molecule has 0 radical (unpaired) electrons. The number of amides is 2. The van der Waals surface area contributed by atoms with Crippen LogP contribution >= 0.6 is 0 Å². The molecular weight excluding hydrogens is 234 g/mol. The normalized spacial score (nSPS) is 10.8. The number of carboxylic acids is 1. The van der Waals surface area contributed by atoms with Gasteiger partial charge in [-0.1, -0.05) is 6.92 Å². The number of hydrogen-bond acceptors (Lipinski definition) is 3. The molecule has 1 aromatic rings. The van der Waals surface area contributed by atoms with Crippen molar-refractivity contribution in [3.05, 3.63) is 24.0 Å². The molecule has 0 spiro atoms. The maximum absolute atomic E-state index is 11.7. The number of rotatable bonds is 4. The fraction of sp³-hybridized carbons (Fsp3) is 0.417.